The van der Waals surface area contributed by atoms with Crippen LogP contribution in [0, 0.1) is 13.8 Å². The molecule has 0 aliphatic carbocycles. The Labute approximate surface area is 177 Å². The average Bonchev–Trinajstić information content (AvgIpc) is 3.29. The quantitative estimate of drug-likeness (QED) is 0.490. The first-order valence-electron chi connectivity index (χ1n) is 10.8. The summed E-state index contributed by atoms with van der Waals surface area (Å²) in [5.74, 6) is 0. The Bertz CT molecular complexity index is 1320. The van der Waals surface area contributed by atoms with Crippen molar-refractivity contribution in [3.63, 3.8) is 0 Å². The van der Waals surface area contributed by atoms with E-state index in [1.165, 1.54) is 11.1 Å². The van der Waals surface area contributed by atoms with Crippen molar-refractivity contribution in [2.24, 2.45) is 0 Å². The number of aromatic nitrogens is 4. The molecular formula is C26H30N4. The number of aryl methyl sites for hydroxylation is 2. The predicted octanol–water partition coefficient (Wildman–Crippen LogP) is 5.97. The normalized spacial score (nSPS) is 17.3. The molecule has 2 aliphatic rings. The highest BCUT2D eigenvalue weighted by Gasteiger charge is 2.29. The van der Waals surface area contributed by atoms with Crippen LogP contribution < -0.4 is 0 Å². The zero-order valence-electron chi connectivity index (χ0n) is 18.8. The molecule has 8 bridgehead atoms. The fourth-order valence-corrected chi connectivity index (χ4v) is 4.69. The van der Waals surface area contributed by atoms with Crippen LogP contribution >= 0.6 is 0 Å². The highest BCUT2D eigenvalue weighted by atomic mass is 14.8. The number of hydrogen-bond acceptors (Lipinski definition) is 2. The van der Waals surface area contributed by atoms with Gasteiger partial charge in [-0.15, -0.1) is 0 Å². The number of nitrogens with zero attached hydrogens (tertiary/aromatic N) is 2. The standard InChI is InChI=1S/C26H30N4/c1-15-8-18-11-23-25(3,4)13-19(29-23)9-17-7-16(2)22(27-17)12-24-26(5,6)14-20(30-24)10-21(15)28-18/h7-12,27-28H,13-14H2,1-6H3. The summed E-state index contributed by atoms with van der Waals surface area (Å²) < 4.78 is 0. The molecule has 0 radical (unpaired) electrons. The SMILES string of the molecule is Cc1cc2cc3nc(cc4cc(C)c(cc5nc(cc1[nH]2)CC5(C)C)[nH]4)CC3(C)C. The van der Waals surface area contributed by atoms with Crippen LogP contribution in [-0.4, -0.2) is 19.9 Å². The number of H-pyrrole nitrogens is 2. The van der Waals surface area contributed by atoms with Gasteiger partial charge in [-0.3, -0.25) is 9.97 Å². The van der Waals surface area contributed by atoms with E-state index >= 15 is 0 Å². The Morgan fingerprint density at radius 1 is 0.633 bits per heavy atom. The predicted molar refractivity (Wildman–Crippen MR) is 124 cm³/mol. The molecule has 3 aromatic heterocycles. The second-order valence-electron chi connectivity index (χ2n) is 10.3. The third-order valence-corrected chi connectivity index (χ3v) is 6.52. The molecule has 0 fully saturated rings. The molecule has 3 aromatic rings. The van der Waals surface area contributed by atoms with Crippen molar-refractivity contribution in [2.45, 2.75) is 65.2 Å². The third kappa shape index (κ3) is 3.24. The van der Waals surface area contributed by atoms with Crippen LogP contribution in [-0.2, 0) is 23.7 Å². The van der Waals surface area contributed by atoms with E-state index in [9.17, 15) is 0 Å². The topological polar surface area (TPSA) is 57.4 Å². The van der Waals surface area contributed by atoms with Crippen molar-refractivity contribution in [1.82, 2.24) is 19.9 Å². The lowest BCUT2D eigenvalue weighted by atomic mass is 9.87. The summed E-state index contributed by atoms with van der Waals surface area (Å²) in [7, 11) is 0. The van der Waals surface area contributed by atoms with E-state index in [-0.39, 0.29) is 10.8 Å². The summed E-state index contributed by atoms with van der Waals surface area (Å²) in [6, 6.07) is 13.2. The van der Waals surface area contributed by atoms with Gasteiger partial charge in [-0.05, 0) is 61.4 Å². The number of nitrogens with one attached hydrogen (secondary N) is 2. The van der Waals surface area contributed by atoms with Gasteiger partial charge < -0.3 is 9.97 Å². The molecule has 4 nitrogen and oxygen atoms in total. The molecule has 0 saturated heterocycles. The molecule has 0 amide bonds. The number of fused-ring (bicyclic) bond motifs is 8. The Kier molecular flexibility index (Phi) is 4.02. The van der Waals surface area contributed by atoms with Crippen LogP contribution in [0.15, 0.2) is 36.4 Å². The molecule has 5 heterocycles. The molecular weight excluding hydrogens is 368 g/mol. The van der Waals surface area contributed by atoms with Crippen LogP contribution in [0.2, 0.25) is 0 Å². The van der Waals surface area contributed by atoms with Crippen LogP contribution in [0.4, 0.5) is 0 Å². The Balaban J connectivity index is 1.89. The maximum Gasteiger partial charge on any atom is 0.0487 e. The number of rotatable bonds is 0. The second kappa shape index (κ2) is 6.31. The second-order valence-corrected chi connectivity index (χ2v) is 10.3. The third-order valence-electron chi connectivity index (χ3n) is 6.52. The lowest BCUT2D eigenvalue weighted by molar-refractivity contribution is 0.543. The first kappa shape index (κ1) is 19.1. The van der Waals surface area contributed by atoms with Gasteiger partial charge in [0, 0.05) is 68.5 Å². The Morgan fingerprint density at radius 3 is 1.70 bits per heavy atom. The Hall–Kier alpha value is -2.88. The summed E-state index contributed by atoms with van der Waals surface area (Å²) in [6.45, 7) is 13.4. The summed E-state index contributed by atoms with van der Waals surface area (Å²) in [5.41, 5.74) is 11.5. The molecule has 0 aromatic carbocycles. The monoisotopic (exact) mass is 398 g/mol. The lowest BCUT2D eigenvalue weighted by Crippen LogP contribution is -2.15. The highest BCUT2D eigenvalue weighted by Crippen LogP contribution is 2.33. The van der Waals surface area contributed by atoms with E-state index < -0.39 is 0 Å². The van der Waals surface area contributed by atoms with E-state index in [1.807, 2.05) is 0 Å². The molecule has 0 saturated carbocycles. The molecule has 0 spiro atoms. The first-order valence-corrected chi connectivity index (χ1v) is 10.8. The lowest BCUT2D eigenvalue weighted by Gasteiger charge is -2.15. The van der Waals surface area contributed by atoms with Crippen LogP contribution in [0.5, 0.6) is 0 Å². The Morgan fingerprint density at radius 2 is 1.10 bits per heavy atom. The number of hydrogen-bond donors (Lipinski definition) is 2. The molecule has 0 unspecified atom stereocenters. The molecule has 0 atom stereocenters. The first-order chi connectivity index (χ1) is 14.1. The fraction of sp³-hybridized carbons (Fsp3) is 0.385. The van der Waals surface area contributed by atoms with Crippen LogP contribution in [0.25, 0.3) is 22.1 Å². The average molecular weight is 399 g/mol. The summed E-state index contributed by atoms with van der Waals surface area (Å²) in [6.07, 6.45) is 1.87. The molecule has 4 heteroatoms. The van der Waals surface area contributed by atoms with E-state index in [4.69, 9.17) is 9.97 Å². The van der Waals surface area contributed by atoms with Crippen molar-refractivity contribution in [1.29, 1.82) is 0 Å². The van der Waals surface area contributed by atoms with E-state index in [2.05, 4.69) is 87.9 Å². The van der Waals surface area contributed by atoms with Gasteiger partial charge in [-0.25, -0.2) is 0 Å². The molecule has 5 rings (SSSR count). The van der Waals surface area contributed by atoms with E-state index in [0.717, 1.165) is 57.7 Å². The van der Waals surface area contributed by atoms with Crippen molar-refractivity contribution < 1.29 is 0 Å². The summed E-state index contributed by atoms with van der Waals surface area (Å²) >= 11 is 0. The van der Waals surface area contributed by atoms with Gasteiger partial charge in [0.25, 0.3) is 0 Å². The van der Waals surface area contributed by atoms with Crippen LogP contribution in [0.1, 0.15) is 61.6 Å². The smallest absolute Gasteiger partial charge is 0.0487 e. The van der Waals surface area contributed by atoms with Gasteiger partial charge in [0.05, 0.1) is 0 Å². The fourth-order valence-electron chi connectivity index (χ4n) is 4.69. The van der Waals surface area contributed by atoms with Gasteiger partial charge in [0.1, 0.15) is 0 Å². The molecule has 154 valence electrons. The zero-order chi connectivity index (χ0) is 21.3. The van der Waals surface area contributed by atoms with Crippen LogP contribution in [0.3, 0.4) is 0 Å². The molecule has 2 N–H and O–H groups in total. The largest absolute Gasteiger partial charge is 0.355 e. The number of aromatic amines is 2. The maximum atomic E-state index is 5.02. The van der Waals surface area contributed by atoms with Gasteiger partial charge in [-0.2, -0.15) is 0 Å². The zero-order valence-corrected chi connectivity index (χ0v) is 18.8. The minimum Gasteiger partial charge on any atom is -0.355 e. The van der Waals surface area contributed by atoms with Gasteiger partial charge in [-0.1, -0.05) is 27.7 Å². The highest BCUT2D eigenvalue weighted by molar-refractivity contribution is 5.67. The van der Waals surface area contributed by atoms with Gasteiger partial charge >= 0.3 is 0 Å². The molecule has 2 aliphatic heterocycles. The maximum absolute atomic E-state index is 5.02. The summed E-state index contributed by atoms with van der Waals surface area (Å²) in [5, 5.41) is 0. The van der Waals surface area contributed by atoms with Crippen molar-refractivity contribution >= 4 is 22.1 Å². The molecule has 30 heavy (non-hydrogen) atoms. The van der Waals surface area contributed by atoms with E-state index in [0.29, 0.717) is 0 Å². The van der Waals surface area contributed by atoms with Gasteiger partial charge in [0.15, 0.2) is 0 Å². The van der Waals surface area contributed by atoms with Gasteiger partial charge in [0.2, 0.25) is 0 Å². The van der Waals surface area contributed by atoms with Crippen molar-refractivity contribution in [3.05, 3.63) is 70.3 Å². The van der Waals surface area contributed by atoms with E-state index in [1.54, 1.807) is 0 Å². The van der Waals surface area contributed by atoms with Crippen molar-refractivity contribution in [2.75, 3.05) is 0 Å². The minimum atomic E-state index is 0.0136. The summed E-state index contributed by atoms with van der Waals surface area (Å²) in [4.78, 5) is 17.2. The minimum absolute atomic E-state index is 0.0136. The van der Waals surface area contributed by atoms with Crippen molar-refractivity contribution in [3.8, 4) is 0 Å².